The predicted octanol–water partition coefficient (Wildman–Crippen LogP) is 5.14. The summed E-state index contributed by atoms with van der Waals surface area (Å²) in [4.78, 5) is 9.34. The van der Waals surface area contributed by atoms with E-state index in [1.807, 2.05) is 19.2 Å². The maximum absolute atomic E-state index is 4.73. The molecule has 0 atom stereocenters. The van der Waals surface area contributed by atoms with Gasteiger partial charge in [0.25, 0.3) is 0 Å². The number of rotatable bonds is 3. The van der Waals surface area contributed by atoms with Crippen LogP contribution < -0.4 is 5.32 Å². The molecule has 106 valence electrons. The Balaban J connectivity index is 2.65. The maximum atomic E-state index is 4.73. The van der Waals surface area contributed by atoms with Crippen LogP contribution in [0.2, 0.25) is 0 Å². The first kappa shape index (κ1) is 15.4. The van der Waals surface area contributed by atoms with Crippen LogP contribution in [0.15, 0.2) is 27.1 Å². The molecule has 1 aromatic carbocycles. The average Bonchev–Trinajstić information content (AvgIpc) is 2.39. The van der Waals surface area contributed by atoms with Gasteiger partial charge in [-0.05, 0) is 52.5 Å². The van der Waals surface area contributed by atoms with Gasteiger partial charge in [0.2, 0.25) is 0 Å². The highest BCUT2D eigenvalue weighted by Crippen LogP contribution is 2.32. The van der Waals surface area contributed by atoms with Gasteiger partial charge in [-0.1, -0.05) is 29.8 Å². The van der Waals surface area contributed by atoms with E-state index < -0.39 is 0 Å². The number of halogens is 2. The zero-order valence-electron chi connectivity index (χ0n) is 12.0. The van der Waals surface area contributed by atoms with Gasteiger partial charge in [0.1, 0.15) is 5.82 Å². The first-order valence-corrected chi connectivity index (χ1v) is 8.04. The number of nitrogens with zero attached hydrogens (tertiary/aromatic N) is 2. The van der Waals surface area contributed by atoms with Crippen LogP contribution >= 0.6 is 31.9 Å². The second-order valence-corrected chi connectivity index (χ2v) is 6.67. The summed E-state index contributed by atoms with van der Waals surface area (Å²) in [5, 5.41) is 3.12. The lowest BCUT2D eigenvalue weighted by Gasteiger charge is -2.14. The van der Waals surface area contributed by atoms with Crippen LogP contribution in [0.3, 0.4) is 0 Å². The van der Waals surface area contributed by atoms with Crippen molar-refractivity contribution >= 4 is 37.7 Å². The molecule has 0 aliphatic rings. The minimum Gasteiger partial charge on any atom is -0.372 e. The molecule has 0 bridgehead atoms. The molecule has 5 heteroatoms. The second-order valence-electron chi connectivity index (χ2n) is 4.96. The molecule has 0 aliphatic carbocycles. The lowest BCUT2D eigenvalue weighted by molar-refractivity contribution is 0.810. The van der Waals surface area contributed by atoms with E-state index in [1.165, 1.54) is 0 Å². The van der Waals surface area contributed by atoms with Gasteiger partial charge in [0.15, 0.2) is 5.82 Å². The minimum absolute atomic E-state index is 0.328. The van der Waals surface area contributed by atoms with Gasteiger partial charge in [-0.3, -0.25) is 0 Å². The van der Waals surface area contributed by atoms with Crippen LogP contribution in [0, 0.1) is 6.92 Å². The molecule has 1 N–H and O–H groups in total. The van der Waals surface area contributed by atoms with E-state index >= 15 is 0 Å². The SMILES string of the molecule is CNc1nc(-c2ccc(Br)cc2C)nc(C(C)C)c1Br. The van der Waals surface area contributed by atoms with Crippen molar-refractivity contribution in [1.29, 1.82) is 0 Å². The molecule has 0 saturated heterocycles. The van der Waals surface area contributed by atoms with E-state index in [0.29, 0.717) is 5.92 Å². The third-order valence-corrected chi connectivity index (χ3v) is 4.36. The van der Waals surface area contributed by atoms with Gasteiger partial charge in [0.05, 0.1) is 10.2 Å². The molecule has 0 radical (unpaired) electrons. The normalized spacial score (nSPS) is 10.9. The summed E-state index contributed by atoms with van der Waals surface area (Å²) in [6.07, 6.45) is 0. The molecule has 0 spiro atoms. The zero-order chi connectivity index (χ0) is 14.9. The first-order valence-electron chi connectivity index (χ1n) is 6.45. The van der Waals surface area contributed by atoms with Crippen LogP contribution in [0.25, 0.3) is 11.4 Å². The highest BCUT2D eigenvalue weighted by molar-refractivity contribution is 9.11. The van der Waals surface area contributed by atoms with Crippen molar-refractivity contribution < 1.29 is 0 Å². The molecule has 3 nitrogen and oxygen atoms in total. The molecular weight excluding hydrogens is 382 g/mol. The van der Waals surface area contributed by atoms with Crippen molar-refractivity contribution in [1.82, 2.24) is 9.97 Å². The molecule has 0 amide bonds. The van der Waals surface area contributed by atoms with Crippen LogP contribution in [0.1, 0.15) is 31.0 Å². The maximum Gasteiger partial charge on any atom is 0.162 e. The fraction of sp³-hybridized carbons (Fsp3) is 0.333. The highest BCUT2D eigenvalue weighted by Gasteiger charge is 2.16. The monoisotopic (exact) mass is 397 g/mol. The fourth-order valence-electron chi connectivity index (χ4n) is 2.01. The van der Waals surface area contributed by atoms with Crippen LogP contribution in [-0.2, 0) is 0 Å². The quantitative estimate of drug-likeness (QED) is 0.777. The fourth-order valence-corrected chi connectivity index (χ4v) is 3.32. The van der Waals surface area contributed by atoms with Gasteiger partial charge < -0.3 is 5.32 Å². The number of benzene rings is 1. The van der Waals surface area contributed by atoms with Gasteiger partial charge in [-0.25, -0.2) is 9.97 Å². The predicted molar refractivity (Wildman–Crippen MR) is 91.2 cm³/mol. The van der Waals surface area contributed by atoms with Crippen molar-refractivity contribution in [2.75, 3.05) is 12.4 Å². The summed E-state index contributed by atoms with van der Waals surface area (Å²) < 4.78 is 2.00. The first-order chi connectivity index (χ1) is 9.43. The number of hydrogen-bond donors (Lipinski definition) is 1. The molecule has 2 rings (SSSR count). The van der Waals surface area contributed by atoms with Gasteiger partial charge in [-0.15, -0.1) is 0 Å². The van der Waals surface area contributed by atoms with E-state index in [-0.39, 0.29) is 0 Å². The summed E-state index contributed by atoms with van der Waals surface area (Å²) in [5.41, 5.74) is 3.22. The Morgan fingerprint density at radius 1 is 1.15 bits per heavy atom. The Bertz CT molecular complexity index is 639. The Hall–Kier alpha value is -0.940. The standard InChI is InChI=1S/C15H17Br2N3/c1-8(2)13-12(17)15(18-4)20-14(19-13)11-6-5-10(16)7-9(11)3/h5-8H,1-4H3,(H,18,19,20). The molecule has 0 unspecified atom stereocenters. The molecule has 1 heterocycles. The van der Waals surface area contributed by atoms with E-state index in [2.05, 4.69) is 69.0 Å². The summed E-state index contributed by atoms with van der Waals surface area (Å²) in [7, 11) is 1.87. The van der Waals surface area contributed by atoms with Crippen LogP contribution in [0.4, 0.5) is 5.82 Å². The molecular formula is C15H17Br2N3. The summed E-state index contributed by atoms with van der Waals surface area (Å²) in [5.74, 6) is 1.90. The van der Waals surface area contributed by atoms with Crippen molar-refractivity contribution in [3.8, 4) is 11.4 Å². The van der Waals surface area contributed by atoms with Crippen molar-refractivity contribution in [3.63, 3.8) is 0 Å². The smallest absolute Gasteiger partial charge is 0.162 e. The third-order valence-electron chi connectivity index (χ3n) is 3.09. The highest BCUT2D eigenvalue weighted by atomic mass is 79.9. The molecule has 0 saturated carbocycles. The Morgan fingerprint density at radius 3 is 2.40 bits per heavy atom. The van der Waals surface area contributed by atoms with E-state index in [4.69, 9.17) is 4.98 Å². The number of nitrogens with one attached hydrogen (secondary N) is 1. The van der Waals surface area contributed by atoms with Crippen LogP contribution in [0.5, 0.6) is 0 Å². The average molecular weight is 399 g/mol. The molecule has 1 aromatic heterocycles. The summed E-state index contributed by atoms with van der Waals surface area (Å²) in [6.45, 7) is 6.33. The Morgan fingerprint density at radius 2 is 1.85 bits per heavy atom. The molecule has 20 heavy (non-hydrogen) atoms. The van der Waals surface area contributed by atoms with Crippen LogP contribution in [-0.4, -0.2) is 17.0 Å². The number of aromatic nitrogens is 2. The van der Waals surface area contributed by atoms with Crippen molar-refractivity contribution in [3.05, 3.63) is 38.4 Å². The molecule has 2 aromatic rings. The molecule has 0 aliphatic heterocycles. The zero-order valence-corrected chi connectivity index (χ0v) is 15.1. The molecule has 0 fully saturated rings. The van der Waals surface area contributed by atoms with Gasteiger partial charge >= 0.3 is 0 Å². The number of hydrogen-bond acceptors (Lipinski definition) is 3. The van der Waals surface area contributed by atoms with Crippen molar-refractivity contribution in [2.45, 2.75) is 26.7 Å². The minimum atomic E-state index is 0.328. The van der Waals surface area contributed by atoms with Crippen molar-refractivity contribution in [2.24, 2.45) is 0 Å². The van der Waals surface area contributed by atoms with Gasteiger partial charge in [-0.2, -0.15) is 0 Å². The third kappa shape index (κ3) is 3.04. The van der Waals surface area contributed by atoms with E-state index in [9.17, 15) is 0 Å². The largest absolute Gasteiger partial charge is 0.372 e. The van der Waals surface area contributed by atoms with E-state index in [1.54, 1.807) is 0 Å². The van der Waals surface area contributed by atoms with E-state index in [0.717, 1.165) is 37.4 Å². The van der Waals surface area contributed by atoms with Gasteiger partial charge in [0, 0.05) is 17.1 Å². The summed E-state index contributed by atoms with van der Waals surface area (Å²) in [6, 6.07) is 6.14. The second kappa shape index (κ2) is 6.22. The lowest BCUT2D eigenvalue weighted by Crippen LogP contribution is -2.05. The lowest BCUT2D eigenvalue weighted by atomic mass is 10.1. The Labute approximate surface area is 136 Å². The summed E-state index contributed by atoms with van der Waals surface area (Å²) >= 11 is 7.07. The Kier molecular flexibility index (Phi) is 4.81. The topological polar surface area (TPSA) is 37.8 Å². The number of anilines is 1. The number of aryl methyl sites for hydroxylation is 1.